The molecular weight excluding hydrogens is 384 g/mol. The number of fused-ring (bicyclic) bond motifs is 1. The second-order valence-electron chi connectivity index (χ2n) is 8.86. The van der Waals surface area contributed by atoms with Gasteiger partial charge in [-0.05, 0) is 44.0 Å². The number of rotatable bonds is 6. The average molecular weight is 419 g/mol. The maximum absolute atomic E-state index is 12.9. The molecule has 4 heterocycles. The second kappa shape index (κ2) is 9.14. The van der Waals surface area contributed by atoms with Crippen LogP contribution in [0.2, 0.25) is 0 Å². The Morgan fingerprint density at radius 3 is 2.41 bits per heavy atom. The molecule has 0 radical (unpaired) electrons. The fourth-order valence-electron chi connectivity index (χ4n) is 4.73. The van der Waals surface area contributed by atoms with E-state index in [9.17, 15) is 9.59 Å². The first kappa shape index (κ1) is 20.8. The molecule has 0 spiro atoms. The Morgan fingerprint density at radius 1 is 1.03 bits per heavy atom. The quantitative estimate of drug-likeness (QED) is 0.770. The van der Waals surface area contributed by atoms with Crippen LogP contribution in [0.4, 0.5) is 0 Å². The number of carbonyl (C=O) groups is 2. The Morgan fingerprint density at radius 2 is 1.72 bits per heavy atom. The van der Waals surface area contributed by atoms with Crippen molar-refractivity contribution in [2.45, 2.75) is 64.7 Å². The minimum Gasteiger partial charge on any atom is -0.342 e. The van der Waals surface area contributed by atoms with Crippen molar-refractivity contribution >= 4 is 23.2 Å². The van der Waals surface area contributed by atoms with Crippen LogP contribution in [0.3, 0.4) is 0 Å². The maximum Gasteiger partial charge on any atom is 0.246 e. The summed E-state index contributed by atoms with van der Waals surface area (Å²) in [6.07, 6.45) is 4.90. The fourth-order valence-corrected chi connectivity index (χ4v) is 5.84. The van der Waals surface area contributed by atoms with Crippen LogP contribution in [0, 0.1) is 5.92 Å². The molecule has 2 amide bonds. The molecule has 4 rings (SSSR count). The van der Waals surface area contributed by atoms with Crippen molar-refractivity contribution in [2.24, 2.45) is 5.92 Å². The standard InChI is InChI=1S/C22H34N4O2S/c1-3-16(2)20-22(28)26-12-11-25(15-19(26)21(27)23-20)14-18-8-7-17(29-18)13-24-9-5-4-6-10-24/h7-8,16,19-20H,3-6,9-15H2,1-2H3,(H,23,27)/t16-,19+,20-/m0/s1. The number of piperazine rings is 2. The molecule has 1 aromatic rings. The summed E-state index contributed by atoms with van der Waals surface area (Å²) in [6, 6.07) is 3.80. The molecule has 29 heavy (non-hydrogen) atoms. The van der Waals surface area contributed by atoms with Crippen LogP contribution in [-0.2, 0) is 22.7 Å². The molecule has 0 aliphatic carbocycles. The number of nitrogens with one attached hydrogen (secondary N) is 1. The third kappa shape index (κ3) is 4.67. The molecule has 0 unspecified atom stereocenters. The van der Waals surface area contributed by atoms with Gasteiger partial charge < -0.3 is 10.2 Å². The predicted molar refractivity (Wildman–Crippen MR) is 116 cm³/mol. The molecule has 7 heteroatoms. The van der Waals surface area contributed by atoms with E-state index in [2.05, 4.69) is 34.2 Å². The summed E-state index contributed by atoms with van der Waals surface area (Å²) in [7, 11) is 0. The molecule has 0 aromatic carbocycles. The first-order valence-electron chi connectivity index (χ1n) is 11.2. The largest absolute Gasteiger partial charge is 0.342 e. The normalized spacial score (nSPS) is 27.6. The van der Waals surface area contributed by atoms with Crippen LogP contribution < -0.4 is 5.32 Å². The summed E-state index contributed by atoms with van der Waals surface area (Å²) in [5.74, 6) is 0.287. The van der Waals surface area contributed by atoms with Crippen LogP contribution >= 0.6 is 11.3 Å². The molecule has 6 nitrogen and oxygen atoms in total. The molecular formula is C22H34N4O2S. The lowest BCUT2D eigenvalue weighted by atomic mass is 9.93. The van der Waals surface area contributed by atoms with E-state index in [1.165, 1.54) is 42.1 Å². The van der Waals surface area contributed by atoms with Crippen molar-refractivity contribution in [3.8, 4) is 0 Å². The first-order valence-corrected chi connectivity index (χ1v) is 12.0. The zero-order valence-corrected chi connectivity index (χ0v) is 18.5. The van der Waals surface area contributed by atoms with Crippen molar-refractivity contribution in [3.63, 3.8) is 0 Å². The Kier molecular flexibility index (Phi) is 6.56. The van der Waals surface area contributed by atoms with Crippen molar-refractivity contribution in [3.05, 3.63) is 21.9 Å². The minimum absolute atomic E-state index is 0.0107. The summed E-state index contributed by atoms with van der Waals surface area (Å²) in [5, 5.41) is 2.99. The van der Waals surface area contributed by atoms with E-state index in [1.54, 1.807) is 0 Å². The van der Waals surface area contributed by atoms with E-state index in [0.29, 0.717) is 13.1 Å². The van der Waals surface area contributed by atoms with Gasteiger partial charge in [-0.3, -0.25) is 19.4 Å². The third-order valence-corrected chi connectivity index (χ3v) is 7.81. The lowest BCUT2D eigenvalue weighted by Crippen LogP contribution is -2.70. The van der Waals surface area contributed by atoms with Crippen LogP contribution in [0.5, 0.6) is 0 Å². The maximum atomic E-state index is 12.9. The molecule has 3 fully saturated rings. The first-order chi connectivity index (χ1) is 14.0. The summed E-state index contributed by atoms with van der Waals surface area (Å²) >= 11 is 1.89. The van der Waals surface area contributed by atoms with Crippen LogP contribution in [-0.4, -0.2) is 71.3 Å². The monoisotopic (exact) mass is 418 g/mol. The van der Waals surface area contributed by atoms with Gasteiger partial charge in [0.15, 0.2) is 0 Å². The van der Waals surface area contributed by atoms with E-state index >= 15 is 0 Å². The Hall–Kier alpha value is -1.44. The molecule has 160 valence electrons. The number of hydrogen-bond acceptors (Lipinski definition) is 5. The third-order valence-electron chi connectivity index (χ3n) is 6.75. The predicted octanol–water partition coefficient (Wildman–Crippen LogP) is 2.29. The Bertz CT molecular complexity index is 730. The molecule has 3 aliphatic heterocycles. The van der Waals surface area contributed by atoms with E-state index < -0.39 is 0 Å². The highest BCUT2D eigenvalue weighted by atomic mass is 32.1. The van der Waals surface area contributed by atoms with Gasteiger partial charge in [0, 0.05) is 42.5 Å². The highest BCUT2D eigenvalue weighted by Gasteiger charge is 2.44. The molecule has 1 N–H and O–H groups in total. The average Bonchev–Trinajstić information content (AvgIpc) is 3.17. The summed E-state index contributed by atoms with van der Waals surface area (Å²) < 4.78 is 0. The van der Waals surface area contributed by atoms with E-state index in [4.69, 9.17) is 0 Å². The van der Waals surface area contributed by atoms with E-state index in [0.717, 1.165) is 26.1 Å². The summed E-state index contributed by atoms with van der Waals surface area (Å²) in [6.45, 7) is 10.6. The van der Waals surface area contributed by atoms with E-state index in [-0.39, 0.29) is 29.8 Å². The molecule has 1 aromatic heterocycles. The van der Waals surface area contributed by atoms with Gasteiger partial charge in [-0.1, -0.05) is 26.7 Å². The lowest BCUT2D eigenvalue weighted by Gasteiger charge is -2.46. The van der Waals surface area contributed by atoms with Gasteiger partial charge >= 0.3 is 0 Å². The number of piperidine rings is 1. The van der Waals surface area contributed by atoms with Gasteiger partial charge in [-0.15, -0.1) is 11.3 Å². The van der Waals surface area contributed by atoms with Crippen LogP contribution in [0.25, 0.3) is 0 Å². The fraction of sp³-hybridized carbons (Fsp3) is 0.727. The Balaban J connectivity index is 1.33. The highest BCUT2D eigenvalue weighted by molar-refractivity contribution is 7.11. The molecule has 3 saturated heterocycles. The number of thiophene rings is 1. The number of hydrogen-bond donors (Lipinski definition) is 1. The van der Waals surface area contributed by atoms with Crippen molar-refractivity contribution < 1.29 is 9.59 Å². The molecule has 3 aliphatic rings. The topological polar surface area (TPSA) is 55.9 Å². The summed E-state index contributed by atoms with van der Waals surface area (Å²) in [5.41, 5.74) is 0. The second-order valence-corrected chi connectivity index (χ2v) is 10.1. The summed E-state index contributed by atoms with van der Waals surface area (Å²) in [4.78, 5) is 35.0. The smallest absolute Gasteiger partial charge is 0.246 e. The lowest BCUT2D eigenvalue weighted by molar-refractivity contribution is -0.154. The number of amides is 2. The van der Waals surface area contributed by atoms with Crippen molar-refractivity contribution in [1.29, 1.82) is 0 Å². The zero-order chi connectivity index (χ0) is 20.4. The molecule has 0 bridgehead atoms. The van der Waals surface area contributed by atoms with Gasteiger partial charge in [0.2, 0.25) is 11.8 Å². The SMILES string of the molecule is CC[C@H](C)[C@@H]1NC(=O)[C@H]2CN(Cc3ccc(CN4CCCCC4)s3)CCN2C1=O. The number of nitrogens with zero attached hydrogens (tertiary/aromatic N) is 3. The number of carbonyl (C=O) groups excluding carboxylic acids is 2. The zero-order valence-electron chi connectivity index (χ0n) is 17.7. The molecule has 0 saturated carbocycles. The minimum atomic E-state index is -0.357. The van der Waals surface area contributed by atoms with E-state index in [1.807, 2.05) is 23.2 Å². The number of likely N-dealkylation sites (tertiary alicyclic amines) is 1. The highest BCUT2D eigenvalue weighted by Crippen LogP contribution is 2.25. The van der Waals surface area contributed by atoms with Gasteiger partial charge in [0.25, 0.3) is 0 Å². The van der Waals surface area contributed by atoms with Crippen LogP contribution in [0.15, 0.2) is 12.1 Å². The van der Waals surface area contributed by atoms with Gasteiger partial charge in [0.1, 0.15) is 12.1 Å². The van der Waals surface area contributed by atoms with Gasteiger partial charge in [0.05, 0.1) is 0 Å². The molecule has 3 atom stereocenters. The van der Waals surface area contributed by atoms with Crippen molar-refractivity contribution in [2.75, 3.05) is 32.7 Å². The van der Waals surface area contributed by atoms with Crippen LogP contribution in [0.1, 0.15) is 49.3 Å². The Labute approximate surface area is 178 Å². The van der Waals surface area contributed by atoms with Gasteiger partial charge in [-0.25, -0.2) is 0 Å². The van der Waals surface area contributed by atoms with Gasteiger partial charge in [-0.2, -0.15) is 0 Å². The van der Waals surface area contributed by atoms with Crippen molar-refractivity contribution in [1.82, 2.24) is 20.0 Å².